The van der Waals surface area contributed by atoms with Crippen molar-refractivity contribution in [2.75, 3.05) is 0 Å². The fourth-order valence-electron chi connectivity index (χ4n) is 5.53. The van der Waals surface area contributed by atoms with Gasteiger partial charge < -0.3 is 39.9 Å². The van der Waals surface area contributed by atoms with Gasteiger partial charge >= 0.3 is 0 Å². The molecule has 10 heteroatoms. The minimum Gasteiger partial charge on any atom is -0.550 e. The molecule has 4 rings (SSSR count). The number of carbonyl (C=O) groups is 3. The largest absolute Gasteiger partial charge is 0.550 e. The second-order valence-electron chi connectivity index (χ2n) is 11.2. The van der Waals surface area contributed by atoms with Crippen molar-refractivity contribution >= 4 is 17.8 Å². The van der Waals surface area contributed by atoms with Crippen molar-refractivity contribution in [3.63, 3.8) is 0 Å². The summed E-state index contributed by atoms with van der Waals surface area (Å²) in [7, 11) is 0. The summed E-state index contributed by atoms with van der Waals surface area (Å²) in [5.41, 5.74) is 4.44. The lowest BCUT2D eigenvalue weighted by molar-refractivity contribution is -0.307. The number of aliphatic carboxylic acids is 1. The van der Waals surface area contributed by atoms with Crippen molar-refractivity contribution in [3.05, 3.63) is 107 Å². The summed E-state index contributed by atoms with van der Waals surface area (Å²) in [4.78, 5) is 36.1. The van der Waals surface area contributed by atoms with Crippen LogP contribution in [0.25, 0.3) is 22.3 Å². The van der Waals surface area contributed by atoms with E-state index in [-0.39, 0.29) is 37.4 Å². The number of hydrogen-bond acceptors (Lipinski definition) is 7. The van der Waals surface area contributed by atoms with Gasteiger partial charge in [0.1, 0.15) is 11.5 Å². The Morgan fingerprint density at radius 1 is 0.844 bits per heavy atom. The van der Waals surface area contributed by atoms with Crippen molar-refractivity contribution in [3.8, 4) is 22.3 Å². The maximum Gasteiger partial charge on any atom is 0.268 e. The van der Waals surface area contributed by atoms with Crippen LogP contribution >= 0.6 is 0 Å². The van der Waals surface area contributed by atoms with Crippen LogP contribution in [0.3, 0.4) is 0 Å². The number of amides is 1. The molecule has 1 heterocycles. The van der Waals surface area contributed by atoms with Crippen molar-refractivity contribution in [1.82, 2.24) is 9.88 Å². The van der Waals surface area contributed by atoms with Crippen molar-refractivity contribution in [1.29, 1.82) is 0 Å². The highest BCUT2D eigenvalue weighted by Crippen LogP contribution is 2.42. The first-order chi connectivity index (χ1) is 21.5. The highest BCUT2D eigenvalue weighted by atomic mass is 19.1. The molecule has 2 atom stereocenters. The van der Waals surface area contributed by atoms with E-state index in [9.17, 15) is 39.2 Å². The van der Waals surface area contributed by atoms with Crippen LogP contribution in [0.2, 0.25) is 0 Å². The molecule has 3 N–H and O–H groups in total. The van der Waals surface area contributed by atoms with Crippen molar-refractivity contribution in [2.24, 2.45) is 0 Å². The molecule has 0 radical (unpaired) electrons. The number of aliphatic hydroxyl groups excluding tert-OH is 2. The summed E-state index contributed by atoms with van der Waals surface area (Å²) in [5, 5.41) is 45.8. The van der Waals surface area contributed by atoms with Crippen LogP contribution in [-0.4, -0.2) is 44.8 Å². The van der Waals surface area contributed by atoms with Crippen LogP contribution in [0, 0.1) is 5.82 Å². The molecule has 45 heavy (non-hydrogen) atoms. The van der Waals surface area contributed by atoms with Crippen molar-refractivity contribution in [2.45, 2.75) is 64.3 Å². The third kappa shape index (κ3) is 8.23. The fourth-order valence-corrected chi connectivity index (χ4v) is 5.53. The first-order valence-corrected chi connectivity index (χ1v) is 14.7. The number of carbonyl (C=O) groups excluding carboxylic acids is 3. The van der Waals surface area contributed by atoms with E-state index in [1.165, 1.54) is 24.3 Å². The number of aromatic nitrogens is 1. The average Bonchev–Trinajstić information content (AvgIpc) is 3.35. The van der Waals surface area contributed by atoms with Gasteiger partial charge in [0.2, 0.25) is 0 Å². The van der Waals surface area contributed by atoms with E-state index in [0.717, 1.165) is 5.56 Å². The topological polar surface area (TPSA) is 155 Å². The monoisotopic (exact) mass is 614 g/mol. The van der Waals surface area contributed by atoms with E-state index in [1.807, 2.05) is 48.7 Å². The number of carboxylic acids is 2. The molecule has 3 aromatic carbocycles. The third-order valence-electron chi connectivity index (χ3n) is 7.54. The average molecular weight is 615 g/mol. The Morgan fingerprint density at radius 3 is 2.04 bits per heavy atom. The molecule has 0 spiro atoms. The Balaban J connectivity index is 1.82. The smallest absolute Gasteiger partial charge is 0.268 e. The van der Waals surface area contributed by atoms with Gasteiger partial charge in [-0.25, -0.2) is 4.39 Å². The summed E-state index contributed by atoms with van der Waals surface area (Å²) < 4.78 is 15.9. The zero-order valence-electron chi connectivity index (χ0n) is 25.0. The quantitative estimate of drug-likeness (QED) is 0.197. The zero-order valence-corrected chi connectivity index (χ0v) is 25.0. The highest BCUT2D eigenvalue weighted by molar-refractivity contribution is 6.05. The van der Waals surface area contributed by atoms with E-state index in [2.05, 4.69) is 5.32 Å². The Hall–Kier alpha value is -4.80. The second-order valence-corrected chi connectivity index (χ2v) is 11.2. The molecule has 0 bridgehead atoms. The highest BCUT2D eigenvalue weighted by Gasteiger charge is 2.30. The molecule has 1 amide bonds. The van der Waals surface area contributed by atoms with Crippen LogP contribution in [0.1, 0.15) is 71.3 Å². The summed E-state index contributed by atoms with van der Waals surface area (Å²) in [6, 6.07) is 21.0. The van der Waals surface area contributed by atoms with E-state index >= 15 is 0 Å². The molecule has 0 aliphatic rings. The standard InChI is InChI=1S/C35H37FN2O7/c1-21(2)38-29(17-16-27(39)18-28(40)19-30(41)42)31(24-12-14-26(36)15-13-24)32(23-6-4-3-5-7-23)33(38)34(43)37-20-22-8-10-25(11-9-22)35(44)45/h3-15,21,27-28,39-40H,16-20H2,1-2H3,(H,37,43)(H,41,42)(H,44,45)/p-2/t27-,28-/m1/s1. The number of nitrogens with one attached hydrogen (secondary N) is 1. The Labute approximate surface area is 260 Å². The molecule has 0 aliphatic carbocycles. The van der Waals surface area contributed by atoms with E-state index in [1.54, 1.807) is 24.3 Å². The second kappa shape index (κ2) is 14.8. The predicted octanol–water partition coefficient (Wildman–Crippen LogP) is 3.02. The maximum atomic E-state index is 14.1. The molecule has 0 saturated heterocycles. The van der Waals surface area contributed by atoms with Gasteiger partial charge in [-0.2, -0.15) is 0 Å². The van der Waals surface area contributed by atoms with E-state index < -0.39 is 42.3 Å². The lowest BCUT2D eigenvalue weighted by atomic mass is 9.92. The lowest BCUT2D eigenvalue weighted by Crippen LogP contribution is -2.29. The number of benzene rings is 3. The molecule has 236 valence electrons. The molecular formula is C35H35FN2O7-2. The summed E-state index contributed by atoms with van der Waals surface area (Å²) >= 11 is 0. The minimum absolute atomic E-state index is 0.0213. The van der Waals surface area contributed by atoms with Gasteiger partial charge in [-0.05, 0) is 67.5 Å². The molecule has 0 fully saturated rings. The number of nitrogens with zero attached hydrogens (tertiary/aromatic N) is 1. The molecule has 1 aromatic heterocycles. The van der Waals surface area contributed by atoms with Crippen molar-refractivity contribution < 1.29 is 39.2 Å². The van der Waals surface area contributed by atoms with Gasteiger partial charge in [0.25, 0.3) is 5.91 Å². The van der Waals surface area contributed by atoms with Crippen LogP contribution in [0.4, 0.5) is 4.39 Å². The molecule has 4 aromatic rings. The fraction of sp³-hybridized carbons (Fsp3) is 0.286. The van der Waals surface area contributed by atoms with Crippen LogP contribution < -0.4 is 15.5 Å². The Bertz CT molecular complexity index is 1630. The molecular weight excluding hydrogens is 579 g/mol. The number of hydrogen-bond donors (Lipinski definition) is 3. The van der Waals surface area contributed by atoms with Crippen LogP contribution in [-0.2, 0) is 17.8 Å². The van der Waals surface area contributed by atoms with Crippen LogP contribution in [0.15, 0.2) is 78.9 Å². The van der Waals surface area contributed by atoms with Gasteiger partial charge in [0, 0.05) is 41.8 Å². The Morgan fingerprint density at radius 2 is 1.47 bits per heavy atom. The lowest BCUT2D eigenvalue weighted by Gasteiger charge is -2.20. The third-order valence-corrected chi connectivity index (χ3v) is 7.54. The van der Waals surface area contributed by atoms with Gasteiger partial charge in [-0.1, -0.05) is 66.7 Å². The number of halogens is 1. The number of carboxylic acid groups (broad SMARTS) is 2. The first-order valence-electron chi connectivity index (χ1n) is 14.7. The molecule has 0 saturated carbocycles. The van der Waals surface area contributed by atoms with Gasteiger partial charge in [0.05, 0.1) is 18.2 Å². The first kappa shape index (κ1) is 33.1. The SMILES string of the molecule is CC(C)n1c(CC[C@@H](O)C[C@@H](O)CC(=O)[O-])c(-c2ccc(F)cc2)c(-c2ccccc2)c1C(=O)NCc1ccc(C(=O)[O-])cc1. The minimum atomic E-state index is -1.42. The van der Waals surface area contributed by atoms with E-state index in [0.29, 0.717) is 33.6 Å². The normalized spacial score (nSPS) is 12.6. The number of aliphatic hydroxyl groups is 2. The molecule has 0 aliphatic heterocycles. The zero-order chi connectivity index (χ0) is 32.7. The van der Waals surface area contributed by atoms with Crippen LogP contribution in [0.5, 0.6) is 0 Å². The maximum absolute atomic E-state index is 14.1. The number of rotatable bonds is 14. The Kier molecular flexibility index (Phi) is 10.9. The summed E-state index contributed by atoms with van der Waals surface area (Å²) in [6.45, 7) is 3.95. The van der Waals surface area contributed by atoms with Gasteiger partial charge in [-0.3, -0.25) is 4.79 Å². The summed E-state index contributed by atoms with van der Waals surface area (Å²) in [6.07, 6.45) is -2.69. The molecule has 9 nitrogen and oxygen atoms in total. The van der Waals surface area contributed by atoms with E-state index in [4.69, 9.17) is 0 Å². The molecule has 0 unspecified atom stereocenters. The number of aromatic carboxylic acids is 1. The predicted molar refractivity (Wildman–Crippen MR) is 162 cm³/mol. The summed E-state index contributed by atoms with van der Waals surface area (Å²) in [5.74, 6) is -3.54. The van der Waals surface area contributed by atoms with Gasteiger partial charge in [0.15, 0.2) is 0 Å². The van der Waals surface area contributed by atoms with Gasteiger partial charge in [-0.15, -0.1) is 0 Å².